The summed E-state index contributed by atoms with van der Waals surface area (Å²) in [6.45, 7) is 0.305. The number of hydrogen-bond donors (Lipinski definition) is 4. The lowest BCUT2D eigenvalue weighted by molar-refractivity contribution is -0.137. The van der Waals surface area contributed by atoms with Crippen LogP contribution >= 0.6 is 0 Å². The number of carbonyl (C=O) groups is 2. The van der Waals surface area contributed by atoms with Crippen LogP contribution in [0.25, 0.3) is 0 Å². The van der Waals surface area contributed by atoms with Crippen LogP contribution in [0.4, 0.5) is 0 Å². The van der Waals surface area contributed by atoms with E-state index in [1.165, 1.54) is 6.33 Å². The quantitative estimate of drug-likeness (QED) is 0.507. The van der Waals surface area contributed by atoms with Crippen LogP contribution in [0.2, 0.25) is 0 Å². The fourth-order valence-corrected chi connectivity index (χ4v) is 1.10. The largest absolute Gasteiger partial charge is 0.481 e. The number of rotatable bonds is 6. The predicted molar refractivity (Wildman–Crippen MR) is 55.3 cm³/mol. The number of nitrogens with zero attached hydrogens (tertiary/aromatic N) is 1. The van der Waals surface area contributed by atoms with Gasteiger partial charge in [-0.05, 0) is 6.42 Å². The molecule has 0 aromatic carbocycles. The Kier molecular flexibility index (Phi) is 4.46. The second kappa shape index (κ2) is 5.86. The predicted octanol–water partition coefficient (Wildman–Crippen LogP) is -0.782. The minimum absolute atomic E-state index is 0.112. The van der Waals surface area contributed by atoms with E-state index in [9.17, 15) is 9.59 Å². The number of carbonyl (C=O) groups excluding carboxylic acids is 1. The van der Waals surface area contributed by atoms with E-state index < -0.39 is 12.0 Å². The van der Waals surface area contributed by atoms with Gasteiger partial charge in [-0.15, -0.1) is 0 Å². The smallest absolute Gasteiger partial charge is 0.303 e. The number of carboxylic acids is 1. The van der Waals surface area contributed by atoms with Crippen LogP contribution < -0.4 is 11.1 Å². The number of carboxylic acid groups (broad SMARTS) is 1. The van der Waals surface area contributed by atoms with E-state index in [1.807, 2.05) is 0 Å². The fraction of sp³-hybridized carbons (Fsp3) is 0.444. The average Bonchev–Trinajstić information content (AvgIpc) is 2.75. The molecular formula is C9H14N4O3. The summed E-state index contributed by atoms with van der Waals surface area (Å²) in [6.07, 6.45) is 3.11. The number of aromatic amines is 1. The van der Waals surface area contributed by atoms with Crippen molar-refractivity contribution < 1.29 is 14.7 Å². The fourth-order valence-electron chi connectivity index (χ4n) is 1.10. The van der Waals surface area contributed by atoms with Gasteiger partial charge in [0.15, 0.2) is 0 Å². The Balaban J connectivity index is 2.26. The van der Waals surface area contributed by atoms with E-state index in [1.54, 1.807) is 6.20 Å². The van der Waals surface area contributed by atoms with Crippen LogP contribution in [0.1, 0.15) is 18.5 Å². The van der Waals surface area contributed by atoms with E-state index >= 15 is 0 Å². The van der Waals surface area contributed by atoms with Gasteiger partial charge in [-0.2, -0.15) is 0 Å². The van der Waals surface area contributed by atoms with Crippen molar-refractivity contribution in [3.05, 3.63) is 18.2 Å². The summed E-state index contributed by atoms with van der Waals surface area (Å²) in [4.78, 5) is 28.3. The molecule has 0 fully saturated rings. The van der Waals surface area contributed by atoms with Crippen molar-refractivity contribution in [1.29, 1.82) is 0 Å². The maximum Gasteiger partial charge on any atom is 0.303 e. The molecule has 0 saturated carbocycles. The standard InChI is InChI=1S/C9H14N4O3/c10-7(1-2-8(14)15)9(16)12-4-6-3-11-5-13-6/h3,5,7H,1-2,4,10H2,(H,11,13)(H,12,16)(H,14,15). The molecule has 1 rings (SSSR count). The lowest BCUT2D eigenvalue weighted by Crippen LogP contribution is -2.40. The van der Waals surface area contributed by atoms with Crippen molar-refractivity contribution in [3.8, 4) is 0 Å². The van der Waals surface area contributed by atoms with Crippen molar-refractivity contribution in [2.75, 3.05) is 0 Å². The van der Waals surface area contributed by atoms with Crippen LogP contribution in [0, 0.1) is 0 Å². The third-order valence-corrected chi connectivity index (χ3v) is 2.01. The molecule has 1 unspecified atom stereocenters. The first-order chi connectivity index (χ1) is 7.59. The van der Waals surface area contributed by atoms with Crippen LogP contribution in [0.3, 0.4) is 0 Å². The number of imidazole rings is 1. The first-order valence-electron chi connectivity index (χ1n) is 4.82. The Bertz CT molecular complexity index is 350. The number of nitrogens with one attached hydrogen (secondary N) is 2. The Labute approximate surface area is 92.1 Å². The van der Waals surface area contributed by atoms with Gasteiger partial charge in [-0.1, -0.05) is 0 Å². The maximum absolute atomic E-state index is 11.4. The second-order valence-electron chi connectivity index (χ2n) is 3.33. The van der Waals surface area contributed by atoms with Gasteiger partial charge in [0.25, 0.3) is 0 Å². The van der Waals surface area contributed by atoms with Crippen LogP contribution in [-0.2, 0) is 16.1 Å². The highest BCUT2D eigenvalue weighted by atomic mass is 16.4. The highest BCUT2D eigenvalue weighted by Gasteiger charge is 2.14. The van der Waals surface area contributed by atoms with E-state index in [4.69, 9.17) is 10.8 Å². The van der Waals surface area contributed by atoms with Gasteiger partial charge in [0, 0.05) is 12.6 Å². The SMILES string of the molecule is NC(CCC(=O)O)C(=O)NCc1cnc[nH]1. The summed E-state index contributed by atoms with van der Waals surface area (Å²) in [5, 5.41) is 11.0. The van der Waals surface area contributed by atoms with E-state index in [2.05, 4.69) is 15.3 Å². The number of hydrogen-bond acceptors (Lipinski definition) is 4. The maximum atomic E-state index is 11.4. The molecule has 0 spiro atoms. The summed E-state index contributed by atoms with van der Waals surface area (Å²) >= 11 is 0. The minimum atomic E-state index is -0.961. The van der Waals surface area contributed by atoms with E-state index in [0.29, 0.717) is 6.54 Å². The van der Waals surface area contributed by atoms with Gasteiger partial charge in [-0.25, -0.2) is 4.98 Å². The first kappa shape index (κ1) is 12.2. The number of aliphatic carboxylic acids is 1. The van der Waals surface area contributed by atoms with Crippen LogP contribution in [-0.4, -0.2) is 33.0 Å². The molecule has 88 valence electrons. The number of nitrogens with two attached hydrogens (primary N) is 1. The zero-order chi connectivity index (χ0) is 12.0. The highest BCUT2D eigenvalue weighted by Crippen LogP contribution is 1.96. The first-order valence-corrected chi connectivity index (χ1v) is 4.82. The molecule has 1 aromatic rings. The molecule has 0 saturated heterocycles. The van der Waals surface area contributed by atoms with E-state index in [-0.39, 0.29) is 18.7 Å². The summed E-state index contributed by atoms with van der Waals surface area (Å²) in [7, 11) is 0. The molecule has 7 nitrogen and oxygen atoms in total. The third-order valence-electron chi connectivity index (χ3n) is 2.01. The summed E-state index contributed by atoms with van der Waals surface area (Å²) < 4.78 is 0. The topological polar surface area (TPSA) is 121 Å². The monoisotopic (exact) mass is 226 g/mol. The molecule has 0 aliphatic carbocycles. The van der Waals surface area contributed by atoms with Gasteiger partial charge in [0.2, 0.25) is 5.91 Å². The number of H-pyrrole nitrogens is 1. The molecule has 0 aliphatic rings. The third kappa shape index (κ3) is 4.09. The Morgan fingerprint density at radius 1 is 1.62 bits per heavy atom. The lowest BCUT2D eigenvalue weighted by atomic mass is 10.1. The van der Waals surface area contributed by atoms with Crippen molar-refractivity contribution in [3.63, 3.8) is 0 Å². The molecule has 7 heteroatoms. The normalized spacial score (nSPS) is 12.1. The van der Waals surface area contributed by atoms with E-state index in [0.717, 1.165) is 5.69 Å². The number of aromatic nitrogens is 2. The second-order valence-corrected chi connectivity index (χ2v) is 3.33. The number of amides is 1. The zero-order valence-corrected chi connectivity index (χ0v) is 8.64. The average molecular weight is 226 g/mol. The molecular weight excluding hydrogens is 212 g/mol. The van der Waals surface area contributed by atoms with Gasteiger partial charge >= 0.3 is 5.97 Å². The van der Waals surface area contributed by atoms with Crippen LogP contribution in [0.5, 0.6) is 0 Å². The molecule has 1 amide bonds. The van der Waals surface area contributed by atoms with Crippen molar-refractivity contribution in [1.82, 2.24) is 15.3 Å². The van der Waals surface area contributed by atoms with Gasteiger partial charge in [0.1, 0.15) is 0 Å². The van der Waals surface area contributed by atoms with Gasteiger partial charge in [0.05, 0.1) is 24.6 Å². The van der Waals surface area contributed by atoms with Crippen molar-refractivity contribution in [2.45, 2.75) is 25.4 Å². The molecule has 1 aromatic heterocycles. The minimum Gasteiger partial charge on any atom is -0.481 e. The molecule has 0 aliphatic heterocycles. The summed E-state index contributed by atoms with van der Waals surface area (Å²) in [6, 6.07) is -0.793. The summed E-state index contributed by atoms with van der Waals surface area (Å²) in [5.41, 5.74) is 6.27. The lowest BCUT2D eigenvalue weighted by Gasteiger charge is -2.10. The highest BCUT2D eigenvalue weighted by molar-refractivity contribution is 5.82. The Morgan fingerprint density at radius 2 is 2.38 bits per heavy atom. The molecule has 0 radical (unpaired) electrons. The van der Waals surface area contributed by atoms with Crippen molar-refractivity contribution >= 4 is 11.9 Å². The Hall–Kier alpha value is -1.89. The summed E-state index contributed by atoms with van der Waals surface area (Å²) in [5.74, 6) is -1.33. The zero-order valence-electron chi connectivity index (χ0n) is 8.64. The van der Waals surface area contributed by atoms with Crippen molar-refractivity contribution in [2.24, 2.45) is 5.73 Å². The van der Waals surface area contributed by atoms with Crippen LogP contribution in [0.15, 0.2) is 12.5 Å². The molecule has 0 bridgehead atoms. The molecule has 1 heterocycles. The molecule has 5 N–H and O–H groups in total. The van der Waals surface area contributed by atoms with Gasteiger partial charge in [-0.3, -0.25) is 9.59 Å². The Morgan fingerprint density at radius 3 is 2.94 bits per heavy atom. The van der Waals surface area contributed by atoms with Gasteiger partial charge < -0.3 is 21.1 Å². The molecule has 16 heavy (non-hydrogen) atoms. The molecule has 1 atom stereocenters.